The largest absolute Gasteiger partial charge is 0.394 e. The first kappa shape index (κ1) is 19.6. The lowest BCUT2D eigenvalue weighted by Crippen LogP contribution is -2.64. The highest BCUT2D eigenvalue weighted by Crippen LogP contribution is 2.24. The summed E-state index contributed by atoms with van der Waals surface area (Å²) >= 11 is 0. The number of aliphatic hydroxyl groups is 4. The Bertz CT molecular complexity index is 694. The highest BCUT2D eigenvalue weighted by Gasteiger charge is 2.44. The van der Waals surface area contributed by atoms with E-state index in [1.807, 2.05) is 0 Å². The van der Waals surface area contributed by atoms with E-state index in [0.29, 0.717) is 6.07 Å². The van der Waals surface area contributed by atoms with E-state index in [0.717, 1.165) is 12.1 Å². The Morgan fingerprint density at radius 1 is 1.08 bits per heavy atom. The Kier molecular flexibility index (Phi) is 5.79. The van der Waals surface area contributed by atoms with Crippen molar-refractivity contribution in [1.82, 2.24) is 5.32 Å². The lowest BCUT2D eigenvalue weighted by atomic mass is 9.96. The molecule has 5 atom stereocenters. The van der Waals surface area contributed by atoms with Gasteiger partial charge in [0.2, 0.25) is 0 Å². The van der Waals surface area contributed by atoms with E-state index in [-0.39, 0.29) is 0 Å². The predicted molar refractivity (Wildman–Crippen MR) is 81.0 cm³/mol. The van der Waals surface area contributed by atoms with Gasteiger partial charge in [-0.3, -0.25) is 25.0 Å². The minimum absolute atomic E-state index is 0.468. The summed E-state index contributed by atoms with van der Waals surface area (Å²) in [6.45, 7) is -0.701. The first-order chi connectivity index (χ1) is 12.1. The molecule has 13 nitrogen and oxygen atoms in total. The lowest BCUT2D eigenvalue weighted by Gasteiger charge is -2.40. The summed E-state index contributed by atoms with van der Waals surface area (Å²) in [5.41, 5.74) is -1.87. The molecule has 142 valence electrons. The molecule has 0 unspecified atom stereocenters. The number of rotatable bonds is 5. The minimum atomic E-state index is -1.80. The quantitative estimate of drug-likeness (QED) is 0.284. The van der Waals surface area contributed by atoms with E-state index >= 15 is 0 Å². The third-order valence-electron chi connectivity index (χ3n) is 3.78. The van der Waals surface area contributed by atoms with Gasteiger partial charge in [-0.2, -0.15) is 0 Å². The van der Waals surface area contributed by atoms with Gasteiger partial charge >= 0.3 is 0 Å². The van der Waals surface area contributed by atoms with Crippen LogP contribution in [0.25, 0.3) is 0 Å². The number of nitrogens with one attached hydrogen (secondary N) is 1. The number of hydrogen-bond acceptors (Lipinski definition) is 10. The van der Waals surface area contributed by atoms with E-state index in [2.05, 4.69) is 5.32 Å². The first-order valence-corrected chi connectivity index (χ1v) is 7.21. The van der Waals surface area contributed by atoms with Crippen LogP contribution in [0.3, 0.4) is 0 Å². The van der Waals surface area contributed by atoms with Crippen molar-refractivity contribution < 1.29 is 39.8 Å². The maximum absolute atomic E-state index is 12.2. The number of non-ortho nitro benzene ring substituents is 2. The van der Waals surface area contributed by atoms with Crippen LogP contribution in [-0.2, 0) is 4.74 Å². The zero-order chi connectivity index (χ0) is 19.6. The fraction of sp³-hybridized carbons (Fsp3) is 0.462. The molecule has 1 aliphatic heterocycles. The van der Waals surface area contributed by atoms with Crippen molar-refractivity contribution in [3.63, 3.8) is 0 Å². The van der Waals surface area contributed by atoms with Gasteiger partial charge in [-0.15, -0.1) is 0 Å². The summed E-state index contributed by atoms with van der Waals surface area (Å²) < 4.78 is 4.86. The van der Waals surface area contributed by atoms with Gasteiger partial charge in [0.05, 0.1) is 28.1 Å². The lowest BCUT2D eigenvalue weighted by molar-refractivity contribution is -0.394. The second-order valence-electron chi connectivity index (χ2n) is 5.48. The maximum atomic E-state index is 12.2. The van der Waals surface area contributed by atoms with Crippen molar-refractivity contribution in [2.45, 2.75) is 30.6 Å². The molecule has 0 radical (unpaired) electrons. The first-order valence-electron chi connectivity index (χ1n) is 7.21. The molecule has 1 aromatic carbocycles. The Balaban J connectivity index is 2.26. The third-order valence-corrected chi connectivity index (χ3v) is 3.78. The van der Waals surface area contributed by atoms with Crippen LogP contribution in [0.1, 0.15) is 10.4 Å². The molecule has 13 heteroatoms. The van der Waals surface area contributed by atoms with Crippen molar-refractivity contribution in [2.75, 3.05) is 6.61 Å². The van der Waals surface area contributed by atoms with Crippen LogP contribution in [0.15, 0.2) is 18.2 Å². The van der Waals surface area contributed by atoms with Crippen molar-refractivity contribution in [3.05, 3.63) is 44.0 Å². The summed E-state index contributed by atoms with van der Waals surface area (Å²) in [6.07, 6.45) is -6.45. The molecule has 5 N–H and O–H groups in total. The van der Waals surface area contributed by atoms with Crippen LogP contribution >= 0.6 is 0 Å². The van der Waals surface area contributed by atoms with Crippen molar-refractivity contribution in [1.29, 1.82) is 0 Å². The van der Waals surface area contributed by atoms with E-state index in [1.165, 1.54) is 0 Å². The van der Waals surface area contributed by atoms with Crippen LogP contribution in [0.2, 0.25) is 0 Å². The van der Waals surface area contributed by atoms with Gasteiger partial charge in [0, 0.05) is 12.1 Å². The number of nitrogens with zero attached hydrogens (tertiary/aromatic N) is 2. The molecule has 0 saturated carbocycles. The molecule has 1 aliphatic rings. The standard InChI is InChI=1S/C13H15N3O10/c17-4-8-10(18)11(19)9(13(21)26-8)14-12(20)5-1-6(15(22)23)3-7(2-5)16(24)25/h1-3,8-11,13,17-19,21H,4H2,(H,14,20)/t8-,9+,10-,11-,13+/m1/s1. The third kappa shape index (κ3) is 3.92. The van der Waals surface area contributed by atoms with E-state index in [1.54, 1.807) is 0 Å². The minimum Gasteiger partial charge on any atom is -0.394 e. The van der Waals surface area contributed by atoms with Crippen LogP contribution in [0.4, 0.5) is 11.4 Å². The van der Waals surface area contributed by atoms with Crippen LogP contribution in [0, 0.1) is 20.2 Å². The molecule has 1 fully saturated rings. The van der Waals surface area contributed by atoms with Gasteiger partial charge in [-0.25, -0.2) is 0 Å². The summed E-state index contributed by atoms with van der Waals surface area (Å²) in [4.78, 5) is 32.1. The average Bonchev–Trinajstić information content (AvgIpc) is 2.60. The Morgan fingerprint density at radius 3 is 2.08 bits per heavy atom. The Labute approximate surface area is 144 Å². The van der Waals surface area contributed by atoms with Gasteiger partial charge in [-0.05, 0) is 0 Å². The number of carbonyl (C=O) groups excluding carboxylic acids is 1. The topological polar surface area (TPSA) is 206 Å². The average molecular weight is 373 g/mol. The number of benzene rings is 1. The number of amides is 1. The van der Waals surface area contributed by atoms with Gasteiger partial charge in [0.15, 0.2) is 6.29 Å². The van der Waals surface area contributed by atoms with Gasteiger partial charge in [0.1, 0.15) is 24.4 Å². The Hall–Kier alpha value is -2.71. The van der Waals surface area contributed by atoms with Gasteiger partial charge < -0.3 is 30.5 Å². The molecule has 0 aliphatic carbocycles. The highest BCUT2D eigenvalue weighted by molar-refractivity contribution is 5.95. The normalized spacial score (nSPS) is 28.4. The molecule has 1 aromatic rings. The molecule has 2 rings (SSSR count). The van der Waals surface area contributed by atoms with Crippen molar-refractivity contribution in [3.8, 4) is 0 Å². The number of ether oxygens (including phenoxy) is 1. The number of aliphatic hydroxyl groups excluding tert-OH is 4. The zero-order valence-corrected chi connectivity index (χ0v) is 13.0. The molecule has 1 amide bonds. The molecule has 1 saturated heterocycles. The van der Waals surface area contributed by atoms with Crippen LogP contribution in [-0.4, -0.2) is 73.4 Å². The smallest absolute Gasteiger partial charge is 0.277 e. The van der Waals surface area contributed by atoms with Crippen molar-refractivity contribution in [2.24, 2.45) is 0 Å². The van der Waals surface area contributed by atoms with E-state index in [9.17, 15) is 40.3 Å². The van der Waals surface area contributed by atoms with E-state index in [4.69, 9.17) is 9.84 Å². The SMILES string of the molecule is O=C(N[C@H]1[C@@H](O)[C@H](O)[C@@H](CO)O[C@@H]1O)c1cc([N+](=O)[O-])cc([N+](=O)[O-])c1. The molecule has 0 aromatic heterocycles. The van der Waals surface area contributed by atoms with E-state index < -0.39 is 69.9 Å². The summed E-state index contributed by atoms with van der Waals surface area (Å²) in [6, 6.07) is 0.675. The summed E-state index contributed by atoms with van der Waals surface area (Å²) in [5, 5.41) is 62.3. The molecular weight excluding hydrogens is 358 g/mol. The second-order valence-corrected chi connectivity index (χ2v) is 5.48. The number of nitro benzene ring substituents is 2. The molecular formula is C13H15N3O10. The van der Waals surface area contributed by atoms with Crippen molar-refractivity contribution >= 4 is 17.3 Å². The van der Waals surface area contributed by atoms with Crippen LogP contribution < -0.4 is 5.32 Å². The summed E-state index contributed by atoms with van der Waals surface area (Å²) in [7, 11) is 0. The number of carbonyl (C=O) groups is 1. The summed E-state index contributed by atoms with van der Waals surface area (Å²) in [5.74, 6) is -1.09. The molecule has 0 bridgehead atoms. The predicted octanol–water partition coefficient (Wildman–Crippen LogP) is -1.97. The fourth-order valence-electron chi connectivity index (χ4n) is 2.42. The molecule has 26 heavy (non-hydrogen) atoms. The molecule has 0 spiro atoms. The van der Waals surface area contributed by atoms with Gasteiger partial charge in [0.25, 0.3) is 17.3 Å². The second kappa shape index (κ2) is 7.67. The Morgan fingerprint density at radius 2 is 1.62 bits per heavy atom. The number of hydrogen-bond donors (Lipinski definition) is 5. The van der Waals surface area contributed by atoms with Gasteiger partial charge in [-0.1, -0.05) is 0 Å². The zero-order valence-electron chi connectivity index (χ0n) is 13.0. The monoisotopic (exact) mass is 373 g/mol. The fourth-order valence-corrected chi connectivity index (χ4v) is 2.42. The number of nitro groups is 2. The maximum Gasteiger partial charge on any atom is 0.277 e. The highest BCUT2D eigenvalue weighted by atomic mass is 16.6. The van der Waals surface area contributed by atoms with Crippen LogP contribution in [0.5, 0.6) is 0 Å². The molecule has 1 heterocycles.